The van der Waals surface area contributed by atoms with E-state index in [0.717, 1.165) is 12.3 Å². The summed E-state index contributed by atoms with van der Waals surface area (Å²) in [7, 11) is 1.30. The van der Waals surface area contributed by atoms with Crippen LogP contribution in [-0.2, 0) is 6.18 Å². The number of alkyl halides is 3. The number of nitrogens with zero attached hydrogens (tertiary/aromatic N) is 1. The molecule has 0 atom stereocenters. The van der Waals surface area contributed by atoms with Gasteiger partial charge < -0.3 is 10.8 Å². The highest BCUT2D eigenvalue weighted by Crippen LogP contribution is 2.38. The fourth-order valence-electron chi connectivity index (χ4n) is 1.27. The van der Waals surface area contributed by atoms with Gasteiger partial charge in [-0.3, -0.25) is 4.99 Å². The molecule has 0 fully saturated rings. The Kier molecular flexibility index (Phi) is 4.12. The largest absolute Gasteiger partial charge is 0.477 e. The smallest absolute Gasteiger partial charge is 0.426 e. The van der Waals surface area contributed by atoms with Gasteiger partial charge in [-0.05, 0) is 18.3 Å². The second-order valence-electron chi connectivity index (χ2n) is 3.12. The van der Waals surface area contributed by atoms with Crippen molar-refractivity contribution in [3.63, 3.8) is 0 Å². The number of aliphatic imine (C=N–C) groups is 1. The van der Waals surface area contributed by atoms with E-state index >= 15 is 0 Å². The third-order valence-corrected chi connectivity index (χ3v) is 3.14. The van der Waals surface area contributed by atoms with Gasteiger partial charge in [0.25, 0.3) is 0 Å². The normalized spacial score (nSPS) is 13.2. The zero-order valence-electron chi connectivity index (χ0n) is 9.15. The lowest BCUT2D eigenvalue weighted by atomic mass is 10.1. The molecular formula is C10H9F3N2O2S. The predicted molar refractivity (Wildman–Crippen MR) is 62.1 cm³/mol. The van der Waals surface area contributed by atoms with Gasteiger partial charge in [0.1, 0.15) is 9.75 Å². The Morgan fingerprint density at radius 2 is 2.17 bits per heavy atom. The lowest BCUT2D eigenvalue weighted by Gasteiger charge is -2.06. The van der Waals surface area contributed by atoms with Gasteiger partial charge in [-0.2, -0.15) is 13.2 Å². The zero-order valence-corrected chi connectivity index (χ0v) is 9.97. The van der Waals surface area contributed by atoms with Crippen molar-refractivity contribution < 1.29 is 23.1 Å². The van der Waals surface area contributed by atoms with E-state index in [4.69, 9.17) is 10.8 Å². The van der Waals surface area contributed by atoms with Crippen LogP contribution in [-0.4, -0.2) is 23.8 Å². The summed E-state index contributed by atoms with van der Waals surface area (Å²) in [5.74, 6) is -1.41. The van der Waals surface area contributed by atoms with Crippen LogP contribution < -0.4 is 5.73 Å². The highest BCUT2D eigenvalue weighted by molar-refractivity contribution is 7.14. The van der Waals surface area contributed by atoms with Crippen LogP contribution >= 0.6 is 11.3 Å². The van der Waals surface area contributed by atoms with Gasteiger partial charge in [-0.25, -0.2) is 4.79 Å². The SMILES string of the molecule is CN=C(C=CN)c1cc(C(=O)O)sc1C(F)(F)F. The number of carboxylic acids is 1. The summed E-state index contributed by atoms with van der Waals surface area (Å²) in [4.78, 5) is 13.0. The highest BCUT2D eigenvalue weighted by Gasteiger charge is 2.37. The fraction of sp³-hybridized carbons (Fsp3) is 0.200. The third-order valence-electron chi connectivity index (χ3n) is 1.97. The minimum absolute atomic E-state index is 0.0198. The Hall–Kier alpha value is -1.83. The van der Waals surface area contributed by atoms with E-state index in [1.165, 1.54) is 13.1 Å². The quantitative estimate of drug-likeness (QED) is 0.833. The summed E-state index contributed by atoms with van der Waals surface area (Å²) in [5, 5.41) is 8.73. The molecule has 0 aliphatic carbocycles. The lowest BCUT2D eigenvalue weighted by Crippen LogP contribution is -2.09. The van der Waals surface area contributed by atoms with Crippen LogP contribution in [0.15, 0.2) is 23.3 Å². The van der Waals surface area contributed by atoms with E-state index in [9.17, 15) is 18.0 Å². The van der Waals surface area contributed by atoms with Crippen LogP contribution in [0.2, 0.25) is 0 Å². The summed E-state index contributed by atoms with van der Waals surface area (Å²) in [5.41, 5.74) is 4.81. The van der Waals surface area contributed by atoms with Gasteiger partial charge in [-0.15, -0.1) is 11.3 Å². The Morgan fingerprint density at radius 3 is 2.56 bits per heavy atom. The number of halogens is 3. The molecule has 0 amide bonds. The van der Waals surface area contributed by atoms with Crippen LogP contribution in [0.4, 0.5) is 13.2 Å². The molecule has 1 aromatic rings. The molecule has 18 heavy (non-hydrogen) atoms. The first kappa shape index (κ1) is 14.2. The molecule has 1 aromatic heterocycles. The lowest BCUT2D eigenvalue weighted by molar-refractivity contribution is -0.134. The number of rotatable bonds is 3. The van der Waals surface area contributed by atoms with Crippen molar-refractivity contribution in [1.82, 2.24) is 0 Å². The summed E-state index contributed by atoms with van der Waals surface area (Å²) in [6, 6.07) is 0.943. The van der Waals surface area contributed by atoms with Crippen LogP contribution in [0.25, 0.3) is 0 Å². The topological polar surface area (TPSA) is 75.7 Å². The number of hydrogen-bond acceptors (Lipinski definition) is 4. The predicted octanol–water partition coefficient (Wildman–Crippen LogP) is 2.36. The molecule has 1 rings (SSSR count). The van der Waals surface area contributed by atoms with E-state index in [0.29, 0.717) is 0 Å². The molecule has 0 spiro atoms. The van der Waals surface area contributed by atoms with Crippen molar-refractivity contribution in [2.45, 2.75) is 6.18 Å². The molecule has 0 aromatic carbocycles. The minimum Gasteiger partial charge on any atom is -0.477 e. The molecular weight excluding hydrogens is 269 g/mol. The molecule has 1 heterocycles. The van der Waals surface area contributed by atoms with E-state index in [2.05, 4.69) is 4.99 Å². The van der Waals surface area contributed by atoms with Crippen molar-refractivity contribution in [2.24, 2.45) is 10.7 Å². The monoisotopic (exact) mass is 278 g/mol. The Balaban J connectivity index is 3.46. The third kappa shape index (κ3) is 2.89. The van der Waals surface area contributed by atoms with Gasteiger partial charge in [0, 0.05) is 12.6 Å². The summed E-state index contributed by atoms with van der Waals surface area (Å²) < 4.78 is 38.3. The first-order valence-electron chi connectivity index (χ1n) is 4.61. The molecule has 0 unspecified atom stereocenters. The Bertz CT molecular complexity index is 518. The van der Waals surface area contributed by atoms with Gasteiger partial charge in [-0.1, -0.05) is 0 Å². The van der Waals surface area contributed by atoms with E-state index in [1.54, 1.807) is 0 Å². The number of nitrogens with two attached hydrogens (primary N) is 1. The van der Waals surface area contributed by atoms with Gasteiger partial charge in [0.2, 0.25) is 0 Å². The summed E-state index contributed by atoms with van der Waals surface area (Å²) in [6.45, 7) is 0. The maximum absolute atomic E-state index is 12.8. The first-order chi connectivity index (χ1) is 8.31. The summed E-state index contributed by atoms with van der Waals surface area (Å²) in [6.07, 6.45) is -2.41. The fourth-order valence-corrected chi connectivity index (χ4v) is 2.15. The van der Waals surface area contributed by atoms with E-state index in [1.807, 2.05) is 0 Å². The average Bonchev–Trinajstić information content (AvgIpc) is 2.70. The van der Waals surface area contributed by atoms with Crippen LogP contribution in [0.5, 0.6) is 0 Å². The zero-order chi connectivity index (χ0) is 13.9. The van der Waals surface area contributed by atoms with Crippen molar-refractivity contribution in [2.75, 3.05) is 7.05 Å². The molecule has 0 radical (unpaired) electrons. The van der Waals surface area contributed by atoms with E-state index < -0.39 is 21.9 Å². The maximum Gasteiger partial charge on any atom is 0.426 e. The molecule has 0 saturated heterocycles. The van der Waals surface area contributed by atoms with Crippen LogP contribution in [0.1, 0.15) is 20.1 Å². The average molecular weight is 278 g/mol. The minimum atomic E-state index is -4.63. The molecule has 0 aliphatic rings. The number of allylic oxidation sites excluding steroid dienone is 1. The molecule has 0 bridgehead atoms. The number of thiophene rings is 1. The second kappa shape index (κ2) is 5.21. The van der Waals surface area contributed by atoms with E-state index in [-0.39, 0.29) is 22.6 Å². The van der Waals surface area contributed by atoms with Crippen LogP contribution in [0.3, 0.4) is 0 Å². The molecule has 3 N–H and O–H groups in total. The van der Waals surface area contributed by atoms with Gasteiger partial charge in [0.15, 0.2) is 0 Å². The molecule has 8 heteroatoms. The number of aromatic carboxylic acids is 1. The van der Waals surface area contributed by atoms with Gasteiger partial charge >= 0.3 is 12.1 Å². The van der Waals surface area contributed by atoms with Crippen molar-refractivity contribution in [1.29, 1.82) is 0 Å². The summed E-state index contributed by atoms with van der Waals surface area (Å²) >= 11 is 0.164. The highest BCUT2D eigenvalue weighted by atomic mass is 32.1. The molecule has 0 aliphatic heterocycles. The van der Waals surface area contributed by atoms with Crippen LogP contribution in [0, 0.1) is 0 Å². The van der Waals surface area contributed by atoms with Crippen molar-refractivity contribution in [3.8, 4) is 0 Å². The number of hydrogen-bond donors (Lipinski definition) is 2. The van der Waals surface area contributed by atoms with Gasteiger partial charge in [0.05, 0.1) is 5.71 Å². The Labute approximate surface area is 104 Å². The second-order valence-corrected chi connectivity index (χ2v) is 4.18. The maximum atomic E-state index is 12.8. The van der Waals surface area contributed by atoms with Crippen molar-refractivity contribution in [3.05, 3.63) is 33.7 Å². The van der Waals surface area contributed by atoms with Crippen molar-refractivity contribution >= 4 is 23.0 Å². The first-order valence-corrected chi connectivity index (χ1v) is 5.42. The standard InChI is InChI=1S/C10H9F3N2O2S/c1-15-6(2-3-14)5-4-7(9(16)17)18-8(5)10(11,12)13/h2-4H,14H2,1H3,(H,16,17). The number of carbonyl (C=O) groups is 1. The molecule has 0 saturated carbocycles. The molecule has 4 nitrogen and oxygen atoms in total. The Morgan fingerprint density at radius 1 is 1.56 bits per heavy atom. The molecule has 98 valence electrons. The number of carboxylic acid groups (broad SMARTS) is 1.